The highest BCUT2D eigenvalue weighted by Crippen LogP contribution is 2.32. The summed E-state index contributed by atoms with van der Waals surface area (Å²) in [6.45, 7) is 1.81. The summed E-state index contributed by atoms with van der Waals surface area (Å²) in [5.74, 6) is -0.624. The Balaban J connectivity index is 1.34. The van der Waals surface area contributed by atoms with E-state index in [2.05, 4.69) is 26.3 Å². The van der Waals surface area contributed by atoms with Crippen molar-refractivity contribution in [1.82, 2.24) is 26.3 Å². The number of hydrogen-bond donors (Lipinski definition) is 5. The van der Waals surface area contributed by atoms with Crippen molar-refractivity contribution in [3.63, 3.8) is 0 Å². The minimum Gasteiger partial charge on any atom is -0.454 e. The molecule has 4 atom stereocenters. The zero-order chi connectivity index (χ0) is 31.8. The van der Waals surface area contributed by atoms with Gasteiger partial charge in [-0.3, -0.25) is 19.2 Å². The largest absolute Gasteiger partial charge is 0.454 e. The minimum atomic E-state index is -1.21. The first-order valence-corrected chi connectivity index (χ1v) is 15.0. The molecule has 45 heavy (non-hydrogen) atoms. The highest BCUT2D eigenvalue weighted by atomic mass is 16.7. The van der Waals surface area contributed by atoms with E-state index in [1.54, 1.807) is 6.07 Å². The van der Waals surface area contributed by atoms with Gasteiger partial charge in [-0.05, 0) is 55.9 Å². The third-order valence-corrected chi connectivity index (χ3v) is 7.65. The summed E-state index contributed by atoms with van der Waals surface area (Å²) in [4.78, 5) is 56.8. The van der Waals surface area contributed by atoms with Crippen molar-refractivity contribution < 1.29 is 38.2 Å². The number of rotatable bonds is 7. The molecule has 5 rings (SSSR count). The van der Waals surface area contributed by atoms with Gasteiger partial charge < -0.3 is 40.3 Å². The van der Waals surface area contributed by atoms with Gasteiger partial charge >= 0.3 is 0 Å². The molecule has 13 nitrogen and oxygen atoms in total. The number of ether oxygens (including phenoxy) is 2. The maximum atomic E-state index is 13.7. The Hall–Kier alpha value is -4.91. The second kappa shape index (κ2) is 14.7. The summed E-state index contributed by atoms with van der Waals surface area (Å²) in [6.07, 6.45) is 2.16. The van der Waals surface area contributed by atoms with Crippen LogP contribution in [-0.4, -0.2) is 65.2 Å². The number of carbonyl (C=O) groups excluding carboxylic acids is 4. The van der Waals surface area contributed by atoms with Crippen molar-refractivity contribution in [1.29, 1.82) is 0 Å². The summed E-state index contributed by atoms with van der Waals surface area (Å²) in [7, 11) is 0. The van der Waals surface area contributed by atoms with Crippen molar-refractivity contribution in [3.8, 4) is 11.5 Å². The maximum absolute atomic E-state index is 13.7. The van der Waals surface area contributed by atoms with Crippen molar-refractivity contribution in [2.75, 3.05) is 13.3 Å². The normalized spacial score (nSPS) is 21.3. The Labute approximate surface area is 260 Å². The number of aryl methyl sites for hydroxylation is 1. The van der Waals surface area contributed by atoms with Gasteiger partial charge in [-0.2, -0.15) is 0 Å². The number of hydrogen-bond acceptors (Lipinski definition) is 9. The van der Waals surface area contributed by atoms with E-state index in [4.69, 9.17) is 13.9 Å². The van der Waals surface area contributed by atoms with Crippen LogP contribution < -0.4 is 30.7 Å². The molecule has 238 valence electrons. The second-order valence-electron chi connectivity index (χ2n) is 11.1. The van der Waals surface area contributed by atoms with Gasteiger partial charge in [0.1, 0.15) is 24.4 Å². The number of fused-ring (bicyclic) bond motifs is 3. The molecule has 0 saturated heterocycles. The molecule has 0 aliphatic carbocycles. The Kier molecular flexibility index (Phi) is 10.3. The van der Waals surface area contributed by atoms with Gasteiger partial charge in [0.15, 0.2) is 17.2 Å². The van der Waals surface area contributed by atoms with Gasteiger partial charge in [-0.15, -0.1) is 0 Å². The fourth-order valence-corrected chi connectivity index (χ4v) is 5.18. The smallest absolute Gasteiger partial charge is 0.273 e. The van der Waals surface area contributed by atoms with E-state index >= 15 is 0 Å². The van der Waals surface area contributed by atoms with Crippen LogP contribution in [0.2, 0.25) is 0 Å². The van der Waals surface area contributed by atoms with Crippen LogP contribution >= 0.6 is 0 Å². The lowest BCUT2D eigenvalue weighted by Crippen LogP contribution is -2.52. The van der Waals surface area contributed by atoms with Gasteiger partial charge in [0, 0.05) is 19.4 Å². The molecule has 4 amide bonds. The predicted octanol–water partition coefficient (Wildman–Crippen LogP) is 1.70. The van der Waals surface area contributed by atoms with Gasteiger partial charge in [0.2, 0.25) is 30.4 Å². The van der Waals surface area contributed by atoms with Crippen molar-refractivity contribution in [3.05, 3.63) is 77.5 Å². The van der Waals surface area contributed by atoms with Crippen molar-refractivity contribution in [2.24, 2.45) is 0 Å². The Morgan fingerprint density at radius 2 is 1.82 bits per heavy atom. The lowest BCUT2D eigenvalue weighted by molar-refractivity contribution is -0.129. The maximum Gasteiger partial charge on any atom is 0.273 e. The number of aliphatic hydroxyl groups excluding tert-OH is 1. The molecule has 0 spiro atoms. The molecule has 0 radical (unpaired) electrons. The second-order valence-corrected chi connectivity index (χ2v) is 11.1. The molecule has 2 aliphatic rings. The number of nitrogens with one attached hydrogen (secondary N) is 4. The van der Waals surface area contributed by atoms with Gasteiger partial charge in [0.25, 0.3) is 5.91 Å². The molecule has 2 aliphatic heterocycles. The first-order valence-electron chi connectivity index (χ1n) is 15.0. The van der Waals surface area contributed by atoms with Crippen molar-refractivity contribution >= 4 is 23.6 Å². The molecule has 0 fully saturated rings. The van der Waals surface area contributed by atoms with Crippen LogP contribution in [0.25, 0.3) is 0 Å². The number of nitrogens with zero attached hydrogens (tertiary/aromatic N) is 1. The highest BCUT2D eigenvalue weighted by Gasteiger charge is 2.30. The summed E-state index contributed by atoms with van der Waals surface area (Å²) in [5.41, 5.74) is 1.67. The Morgan fingerprint density at radius 1 is 1.02 bits per heavy atom. The molecule has 3 aromatic rings. The van der Waals surface area contributed by atoms with E-state index in [9.17, 15) is 24.3 Å². The van der Waals surface area contributed by atoms with Crippen LogP contribution in [0.15, 0.2) is 59.2 Å². The van der Waals surface area contributed by atoms with Gasteiger partial charge in [-0.25, -0.2) is 4.98 Å². The molecule has 2 aromatic carbocycles. The van der Waals surface area contributed by atoms with Crippen LogP contribution in [0, 0.1) is 0 Å². The molecule has 0 unspecified atom stereocenters. The third kappa shape index (κ3) is 8.38. The van der Waals surface area contributed by atoms with E-state index in [-0.39, 0.29) is 37.3 Å². The Morgan fingerprint density at radius 3 is 2.62 bits per heavy atom. The summed E-state index contributed by atoms with van der Waals surface area (Å²) < 4.78 is 16.4. The molecule has 0 saturated carbocycles. The number of aliphatic hydroxyl groups is 1. The summed E-state index contributed by atoms with van der Waals surface area (Å²) >= 11 is 0. The van der Waals surface area contributed by atoms with Gasteiger partial charge in [0.05, 0.1) is 6.10 Å². The molecule has 2 bridgehead atoms. The predicted molar refractivity (Wildman–Crippen MR) is 160 cm³/mol. The summed E-state index contributed by atoms with van der Waals surface area (Å²) in [6, 6.07) is 12.1. The molecule has 3 heterocycles. The topological polar surface area (TPSA) is 181 Å². The van der Waals surface area contributed by atoms with Crippen LogP contribution in [0.5, 0.6) is 11.5 Å². The fraction of sp³-hybridized carbons (Fsp3) is 0.406. The number of amides is 4. The highest BCUT2D eigenvalue weighted by molar-refractivity contribution is 5.96. The van der Waals surface area contributed by atoms with E-state index in [1.807, 2.05) is 42.5 Å². The quantitative estimate of drug-likeness (QED) is 0.263. The SMILES string of the molecule is C[C@@H](O)[C@@H]1NC(=O)c2coc(n2)[C@H](Cc2ccccc2)NC(=O)[C@@H](NC(=O)CCc2ccc3c(c2)OCO3)CCCCNC1=O. The van der Waals surface area contributed by atoms with Crippen LogP contribution in [-0.2, 0) is 27.2 Å². The zero-order valence-electron chi connectivity index (χ0n) is 24.9. The average Bonchev–Trinajstić information content (AvgIpc) is 3.71. The number of carbonyl (C=O) groups is 4. The lowest BCUT2D eigenvalue weighted by Gasteiger charge is -2.23. The Bertz CT molecular complexity index is 1510. The molecular formula is C32H37N5O8. The van der Waals surface area contributed by atoms with Crippen LogP contribution in [0.4, 0.5) is 0 Å². The minimum absolute atomic E-state index is 0.0791. The number of benzene rings is 2. The monoisotopic (exact) mass is 619 g/mol. The summed E-state index contributed by atoms with van der Waals surface area (Å²) in [5, 5.41) is 21.2. The zero-order valence-corrected chi connectivity index (χ0v) is 24.9. The van der Waals surface area contributed by atoms with Gasteiger partial charge in [-0.1, -0.05) is 36.4 Å². The third-order valence-electron chi connectivity index (χ3n) is 7.65. The van der Waals surface area contributed by atoms with E-state index < -0.39 is 42.0 Å². The molecule has 1 aromatic heterocycles. The first-order chi connectivity index (χ1) is 21.8. The fourth-order valence-electron chi connectivity index (χ4n) is 5.18. The van der Waals surface area contributed by atoms with Crippen LogP contribution in [0.3, 0.4) is 0 Å². The molecular weight excluding hydrogens is 582 g/mol. The van der Waals surface area contributed by atoms with E-state index in [0.29, 0.717) is 43.6 Å². The average molecular weight is 620 g/mol. The number of aromatic nitrogens is 1. The number of oxazole rings is 1. The first kappa shape index (κ1) is 31.5. The van der Waals surface area contributed by atoms with E-state index in [1.165, 1.54) is 6.92 Å². The molecule has 5 N–H and O–H groups in total. The standard InChI is InChI=1S/C32H37N5O8/c1-19(38)28-31(42)33-14-6-5-9-22(34-27(39)13-11-21-10-12-25-26(16-21)45-18-44-25)29(40)35-23(15-20-7-3-2-4-8-20)32-36-24(17-43-32)30(41)37-28/h2-4,7-8,10,12,16-17,19,22-23,28,38H,5-6,9,11,13-15,18H2,1H3,(H,33,42)(H,34,39)(H,35,40)(H,37,41)/t19-,22+,23+,28+/m1/s1. The lowest BCUT2D eigenvalue weighted by atomic mass is 10.0. The van der Waals surface area contributed by atoms with Crippen LogP contribution in [0.1, 0.15) is 66.2 Å². The van der Waals surface area contributed by atoms with E-state index in [0.717, 1.165) is 17.4 Å². The van der Waals surface area contributed by atoms with Crippen molar-refractivity contribution in [2.45, 2.75) is 69.7 Å². The molecule has 13 heteroatoms.